The first-order valence-electron chi connectivity index (χ1n) is 7.95. The summed E-state index contributed by atoms with van der Waals surface area (Å²) in [6, 6.07) is 19.2. The molecule has 1 aliphatic carbocycles. The number of carbonyl (C=O) groups is 1. The number of nitrogens with zero attached hydrogens (tertiary/aromatic N) is 2. The molecule has 0 unspecified atom stereocenters. The van der Waals surface area contributed by atoms with Gasteiger partial charge in [0, 0.05) is 26.4 Å². The predicted molar refractivity (Wildman–Crippen MR) is 102 cm³/mol. The van der Waals surface area contributed by atoms with Gasteiger partial charge in [-0.3, -0.25) is 4.79 Å². The summed E-state index contributed by atoms with van der Waals surface area (Å²) >= 11 is 3.42. The number of allylic oxidation sites excluding steroid dienone is 1. The quantitative estimate of drug-likeness (QED) is 0.606. The minimum Gasteiger partial charge on any atom is -0.457 e. The lowest BCUT2D eigenvalue weighted by atomic mass is 10.0. The van der Waals surface area contributed by atoms with E-state index in [2.05, 4.69) is 20.9 Å². The largest absolute Gasteiger partial charge is 0.457 e. The molecule has 122 valence electrons. The molecule has 0 saturated carbocycles. The zero-order valence-corrected chi connectivity index (χ0v) is 14.9. The predicted octanol–water partition coefficient (Wildman–Crippen LogP) is 5.01. The second-order valence-corrected chi connectivity index (χ2v) is 6.94. The summed E-state index contributed by atoms with van der Waals surface area (Å²) in [6.45, 7) is 0. The molecule has 1 heterocycles. The first-order valence-corrected chi connectivity index (χ1v) is 8.74. The monoisotopic (exact) mass is 400 g/mol. The maximum absolute atomic E-state index is 12.0. The number of nitriles is 1. The molecule has 0 radical (unpaired) electrons. The number of amides is 1. The van der Waals surface area contributed by atoms with Crippen molar-refractivity contribution in [3.63, 3.8) is 0 Å². The van der Waals surface area contributed by atoms with Crippen molar-refractivity contribution < 1.29 is 9.53 Å². The number of hydrogen-bond donors (Lipinski definition) is 0. The molecule has 5 heteroatoms. The zero-order valence-electron chi connectivity index (χ0n) is 13.3. The fourth-order valence-corrected chi connectivity index (χ4v) is 3.77. The maximum Gasteiger partial charge on any atom is 0.288 e. The fraction of sp³-hybridized carbons (Fsp3) is 0. The molecule has 0 spiro atoms. The third-order valence-corrected chi connectivity index (χ3v) is 5.12. The van der Waals surface area contributed by atoms with Crippen LogP contribution in [-0.4, -0.2) is 11.6 Å². The lowest BCUT2D eigenvalue weighted by Crippen LogP contribution is -1.93. The molecule has 0 fully saturated rings. The van der Waals surface area contributed by atoms with Gasteiger partial charge in [-0.05, 0) is 42.0 Å². The standard InChI is InChI=1S/C21H9BrN2O2/c22-11-4-6-12(7-5-11)26-17-9-8-14-18-13(17)2-1-3-15(18)20-19(14)16(10-23)21(25)24-20/h1-9H. The van der Waals surface area contributed by atoms with Gasteiger partial charge in [-0.2, -0.15) is 5.26 Å². The summed E-state index contributed by atoms with van der Waals surface area (Å²) in [5.41, 5.74) is 3.07. The molecule has 1 amide bonds. The number of ether oxygens (including phenoxy) is 1. The van der Waals surface area contributed by atoms with E-state index in [4.69, 9.17) is 4.74 Å². The van der Waals surface area contributed by atoms with E-state index in [0.717, 1.165) is 37.9 Å². The molecule has 2 aliphatic rings. The van der Waals surface area contributed by atoms with Crippen molar-refractivity contribution >= 4 is 43.9 Å². The van der Waals surface area contributed by atoms with Crippen LogP contribution in [0.4, 0.5) is 0 Å². The summed E-state index contributed by atoms with van der Waals surface area (Å²) < 4.78 is 7.06. The van der Waals surface area contributed by atoms with Crippen LogP contribution in [0.3, 0.4) is 0 Å². The van der Waals surface area contributed by atoms with E-state index >= 15 is 0 Å². The lowest BCUT2D eigenvalue weighted by molar-refractivity contribution is -0.113. The number of hydrogen-bond acceptors (Lipinski definition) is 3. The Bertz CT molecular complexity index is 1230. The second-order valence-electron chi connectivity index (χ2n) is 6.02. The Kier molecular flexibility index (Phi) is 3.12. The van der Waals surface area contributed by atoms with Crippen LogP contribution in [0.2, 0.25) is 0 Å². The van der Waals surface area contributed by atoms with Crippen LogP contribution in [-0.2, 0) is 4.79 Å². The van der Waals surface area contributed by atoms with Gasteiger partial charge in [-0.1, -0.05) is 34.1 Å². The highest BCUT2D eigenvalue weighted by Gasteiger charge is 2.36. The Morgan fingerprint density at radius 3 is 2.58 bits per heavy atom. The maximum atomic E-state index is 12.0. The Morgan fingerprint density at radius 1 is 1.00 bits per heavy atom. The van der Waals surface area contributed by atoms with Crippen LogP contribution in [0.25, 0.3) is 16.3 Å². The molecule has 0 bridgehead atoms. The van der Waals surface area contributed by atoms with Crippen molar-refractivity contribution in [2.75, 3.05) is 0 Å². The van der Waals surface area contributed by atoms with Gasteiger partial charge >= 0.3 is 0 Å². The molecule has 0 aromatic heterocycles. The first-order chi connectivity index (χ1) is 12.7. The number of halogens is 1. The van der Waals surface area contributed by atoms with Gasteiger partial charge in [0.05, 0.1) is 5.71 Å². The summed E-state index contributed by atoms with van der Waals surface area (Å²) in [6.07, 6.45) is 0. The Morgan fingerprint density at radius 2 is 1.81 bits per heavy atom. The van der Waals surface area contributed by atoms with E-state index in [1.165, 1.54) is 0 Å². The molecule has 1 aliphatic heterocycles. The van der Waals surface area contributed by atoms with E-state index in [0.29, 0.717) is 11.3 Å². The molecule has 4 nitrogen and oxygen atoms in total. The van der Waals surface area contributed by atoms with Crippen LogP contribution in [0.15, 0.2) is 69.6 Å². The van der Waals surface area contributed by atoms with Crippen molar-refractivity contribution in [2.45, 2.75) is 0 Å². The molecule has 0 saturated heterocycles. The minimum absolute atomic E-state index is 0.110. The SMILES string of the molecule is N#CC1=C2C(=NC1=O)c1cccc3c(Oc4ccc(Br)cc4)ccc2c13. The number of carbonyl (C=O) groups excluding carboxylic acids is 1. The Labute approximate surface area is 157 Å². The molecule has 3 aromatic rings. The van der Waals surface area contributed by atoms with Crippen LogP contribution in [0, 0.1) is 11.3 Å². The summed E-state index contributed by atoms with van der Waals surface area (Å²) in [5, 5.41) is 11.3. The van der Waals surface area contributed by atoms with Crippen molar-refractivity contribution in [2.24, 2.45) is 4.99 Å². The number of benzene rings is 3. The van der Waals surface area contributed by atoms with Gasteiger partial charge in [0.15, 0.2) is 0 Å². The molecule has 5 rings (SSSR count). The van der Waals surface area contributed by atoms with Gasteiger partial charge < -0.3 is 4.74 Å². The molecule has 0 N–H and O–H groups in total. The molecule has 26 heavy (non-hydrogen) atoms. The summed E-state index contributed by atoms with van der Waals surface area (Å²) in [4.78, 5) is 16.1. The smallest absolute Gasteiger partial charge is 0.288 e. The van der Waals surface area contributed by atoms with E-state index in [9.17, 15) is 10.1 Å². The van der Waals surface area contributed by atoms with Crippen LogP contribution in [0.5, 0.6) is 11.5 Å². The number of aliphatic imine (C=N–C) groups is 1. The van der Waals surface area contributed by atoms with E-state index in [1.807, 2.05) is 60.7 Å². The van der Waals surface area contributed by atoms with Gasteiger partial charge in [0.1, 0.15) is 23.1 Å². The number of rotatable bonds is 2. The second kappa shape index (κ2) is 5.38. The summed E-state index contributed by atoms with van der Waals surface area (Å²) in [7, 11) is 0. The topological polar surface area (TPSA) is 62.5 Å². The fourth-order valence-electron chi connectivity index (χ4n) is 3.50. The highest BCUT2D eigenvalue weighted by Crippen LogP contribution is 2.45. The Hall–Kier alpha value is -3.23. The number of fused-ring (bicyclic) bond motifs is 3. The zero-order chi connectivity index (χ0) is 17.8. The average Bonchev–Trinajstić information content (AvgIpc) is 3.14. The van der Waals surface area contributed by atoms with Crippen molar-refractivity contribution in [1.29, 1.82) is 5.26 Å². The average molecular weight is 401 g/mol. The van der Waals surface area contributed by atoms with Crippen molar-refractivity contribution in [3.05, 3.63) is 75.8 Å². The van der Waals surface area contributed by atoms with Crippen molar-refractivity contribution in [1.82, 2.24) is 0 Å². The normalized spacial score (nSPS) is 14.5. The van der Waals surface area contributed by atoms with E-state index in [1.54, 1.807) is 0 Å². The first kappa shape index (κ1) is 15.1. The van der Waals surface area contributed by atoms with E-state index < -0.39 is 5.91 Å². The Balaban J connectivity index is 1.73. The van der Waals surface area contributed by atoms with Crippen molar-refractivity contribution in [3.8, 4) is 17.6 Å². The molecule has 3 aromatic carbocycles. The van der Waals surface area contributed by atoms with Crippen LogP contribution < -0.4 is 4.74 Å². The minimum atomic E-state index is -0.463. The van der Waals surface area contributed by atoms with Gasteiger partial charge in [-0.15, -0.1) is 0 Å². The van der Waals surface area contributed by atoms with Gasteiger partial charge in [-0.25, -0.2) is 4.99 Å². The third-order valence-electron chi connectivity index (χ3n) is 4.59. The van der Waals surface area contributed by atoms with Crippen LogP contribution in [0.1, 0.15) is 11.1 Å². The highest BCUT2D eigenvalue weighted by atomic mass is 79.9. The molecular formula is C21H9BrN2O2. The van der Waals surface area contributed by atoms with Gasteiger partial charge in [0.2, 0.25) is 0 Å². The highest BCUT2D eigenvalue weighted by molar-refractivity contribution is 9.10. The molecular weight excluding hydrogens is 392 g/mol. The van der Waals surface area contributed by atoms with E-state index in [-0.39, 0.29) is 5.57 Å². The third kappa shape index (κ3) is 2.00. The lowest BCUT2D eigenvalue weighted by Gasteiger charge is -2.10. The summed E-state index contributed by atoms with van der Waals surface area (Å²) in [5.74, 6) is 0.991. The molecule has 0 atom stereocenters. The van der Waals surface area contributed by atoms with Crippen LogP contribution >= 0.6 is 15.9 Å². The van der Waals surface area contributed by atoms with Gasteiger partial charge in [0.25, 0.3) is 5.91 Å².